The predicted molar refractivity (Wildman–Crippen MR) is 192 cm³/mol. The zero-order chi connectivity index (χ0) is 38.6. The molecular weight excluding hydrogens is 658 g/mol. The Morgan fingerprint density at radius 3 is 2.04 bits per heavy atom. The van der Waals surface area contributed by atoms with Gasteiger partial charge in [-0.05, 0) is 30.4 Å². The van der Waals surface area contributed by atoms with Crippen molar-refractivity contribution in [1.82, 2.24) is 25.8 Å². The largest absolute Gasteiger partial charge is 0.390 e. The van der Waals surface area contributed by atoms with Gasteiger partial charge in [-0.1, -0.05) is 78.3 Å². The molecule has 1 heterocycles. The minimum absolute atomic E-state index is 0.00507. The summed E-state index contributed by atoms with van der Waals surface area (Å²) in [6, 6.07) is 5.89. The molecule has 1 unspecified atom stereocenters. The van der Waals surface area contributed by atoms with Gasteiger partial charge in [0.2, 0.25) is 17.7 Å². The number of hydrogen-bond donors (Lipinski definition) is 4. The Morgan fingerprint density at radius 2 is 1.55 bits per heavy atom. The van der Waals surface area contributed by atoms with E-state index in [9.17, 15) is 29.1 Å². The first-order valence-electron chi connectivity index (χ1n) is 17.8. The highest BCUT2D eigenvalue weighted by Crippen LogP contribution is 2.27. The maximum atomic E-state index is 14.0. The minimum atomic E-state index is -1.23. The van der Waals surface area contributed by atoms with Gasteiger partial charge >= 0.3 is 0 Å². The van der Waals surface area contributed by atoms with E-state index < -0.39 is 66.5 Å². The number of nitrogens with zero attached hydrogens (tertiary/aromatic N) is 2. The smallest absolute Gasteiger partial charge is 0.252 e. The van der Waals surface area contributed by atoms with Gasteiger partial charge in [0.15, 0.2) is 6.10 Å². The number of aldehydes is 1. The van der Waals surface area contributed by atoms with Crippen molar-refractivity contribution in [3.05, 3.63) is 35.9 Å². The fourth-order valence-corrected chi connectivity index (χ4v) is 6.95. The Hall–Kier alpha value is -3.43. The van der Waals surface area contributed by atoms with Crippen LogP contribution >= 0.6 is 0 Å². The molecule has 288 valence electrons. The third kappa shape index (κ3) is 11.0. The number of hydrogen-bond acceptors (Lipinski definition) is 10. The van der Waals surface area contributed by atoms with Crippen LogP contribution in [-0.4, -0.2) is 135 Å². The SMILES string of the molecule is CC[C@H](C)[C@@H](C(O)CC(=O)NC[C@H]1O[C@H](C(=O)N[C@H](C=O)c2ccccc2)[C@@H](OC)[C@@H]1OC)N(C)C(=O)[C@H](C(C)C)N(C)C(=O)[C@@H](NC)C(C)C. The van der Waals surface area contributed by atoms with E-state index in [1.165, 1.54) is 24.0 Å². The number of nitrogens with one attached hydrogen (secondary N) is 3. The van der Waals surface area contributed by atoms with E-state index in [1.54, 1.807) is 51.5 Å². The Morgan fingerprint density at radius 1 is 0.941 bits per heavy atom. The summed E-state index contributed by atoms with van der Waals surface area (Å²) in [6.45, 7) is 11.4. The lowest BCUT2D eigenvalue weighted by atomic mass is 9.89. The first kappa shape index (κ1) is 43.7. The van der Waals surface area contributed by atoms with Crippen LogP contribution in [0, 0.1) is 17.8 Å². The van der Waals surface area contributed by atoms with Crippen LogP contribution in [0.5, 0.6) is 0 Å². The molecule has 10 atom stereocenters. The minimum Gasteiger partial charge on any atom is -0.390 e. The zero-order valence-corrected chi connectivity index (χ0v) is 32.1. The van der Waals surface area contributed by atoms with Crippen LogP contribution in [0.25, 0.3) is 0 Å². The second-order valence-electron chi connectivity index (χ2n) is 14.1. The normalized spacial score (nSPS) is 22.4. The third-order valence-electron chi connectivity index (χ3n) is 9.91. The van der Waals surface area contributed by atoms with Crippen LogP contribution in [0.2, 0.25) is 0 Å². The zero-order valence-electron chi connectivity index (χ0n) is 32.1. The summed E-state index contributed by atoms with van der Waals surface area (Å²) in [4.78, 5) is 68.7. The summed E-state index contributed by atoms with van der Waals surface area (Å²) in [5.41, 5.74) is 0.607. The molecule has 0 aliphatic carbocycles. The molecule has 1 aliphatic heterocycles. The van der Waals surface area contributed by atoms with E-state index in [0.717, 1.165) is 0 Å². The van der Waals surface area contributed by atoms with Gasteiger partial charge in [-0.25, -0.2) is 0 Å². The van der Waals surface area contributed by atoms with E-state index in [-0.39, 0.29) is 42.5 Å². The van der Waals surface area contributed by atoms with Crippen molar-refractivity contribution >= 4 is 29.9 Å². The number of aliphatic hydroxyl groups excluding tert-OH is 1. The average molecular weight is 720 g/mol. The van der Waals surface area contributed by atoms with Crippen LogP contribution in [0.15, 0.2) is 30.3 Å². The number of carbonyl (C=O) groups is 5. The Balaban J connectivity index is 2.15. The van der Waals surface area contributed by atoms with Crippen molar-refractivity contribution in [2.45, 2.75) is 109 Å². The molecule has 1 aromatic carbocycles. The van der Waals surface area contributed by atoms with E-state index in [4.69, 9.17) is 14.2 Å². The molecule has 4 N–H and O–H groups in total. The fourth-order valence-electron chi connectivity index (χ4n) is 6.95. The molecule has 0 radical (unpaired) electrons. The van der Waals surface area contributed by atoms with E-state index in [2.05, 4.69) is 16.0 Å². The Labute approximate surface area is 303 Å². The molecule has 0 saturated carbocycles. The van der Waals surface area contributed by atoms with E-state index in [1.807, 2.05) is 41.5 Å². The van der Waals surface area contributed by atoms with Crippen molar-refractivity contribution in [3.8, 4) is 0 Å². The molecule has 1 fully saturated rings. The summed E-state index contributed by atoms with van der Waals surface area (Å²) in [7, 11) is 7.80. The van der Waals surface area contributed by atoms with Crippen molar-refractivity contribution in [1.29, 1.82) is 0 Å². The van der Waals surface area contributed by atoms with Crippen LogP contribution in [0.1, 0.15) is 66.0 Å². The number of ether oxygens (including phenoxy) is 3. The molecule has 4 amide bonds. The Kier molecular flexibility index (Phi) is 17.6. The van der Waals surface area contributed by atoms with Crippen molar-refractivity contribution in [2.24, 2.45) is 17.8 Å². The number of benzene rings is 1. The molecule has 0 bridgehead atoms. The first-order chi connectivity index (χ1) is 24.1. The van der Waals surface area contributed by atoms with Crippen molar-refractivity contribution in [3.63, 3.8) is 0 Å². The Bertz CT molecular complexity index is 1280. The molecule has 14 nitrogen and oxygen atoms in total. The molecule has 1 aromatic rings. The van der Waals surface area contributed by atoms with Crippen LogP contribution in [0.4, 0.5) is 0 Å². The maximum absolute atomic E-state index is 14.0. The lowest BCUT2D eigenvalue weighted by Gasteiger charge is -2.41. The lowest BCUT2D eigenvalue weighted by molar-refractivity contribution is -0.151. The van der Waals surface area contributed by atoms with Crippen molar-refractivity contribution < 1.29 is 43.3 Å². The fraction of sp³-hybridized carbons (Fsp3) is 0.703. The maximum Gasteiger partial charge on any atom is 0.252 e. The summed E-state index contributed by atoms with van der Waals surface area (Å²) in [6.07, 6.45) is -3.77. The second kappa shape index (κ2) is 20.6. The van der Waals surface area contributed by atoms with Gasteiger partial charge < -0.3 is 49.9 Å². The van der Waals surface area contributed by atoms with E-state index >= 15 is 0 Å². The first-order valence-corrected chi connectivity index (χ1v) is 17.8. The van der Waals surface area contributed by atoms with Crippen LogP contribution < -0.4 is 16.0 Å². The summed E-state index contributed by atoms with van der Waals surface area (Å²) < 4.78 is 17.2. The van der Waals surface area contributed by atoms with Gasteiger partial charge in [0.25, 0.3) is 5.91 Å². The standard InChI is InChI=1S/C37H61N5O9/c1-12-23(6)31(42(9)37(48)30(22(4)5)41(8)36(47)29(38-7)21(2)3)26(44)18-28(45)39-19-27-32(49-10)33(50-11)34(51-27)35(46)40-25(20-43)24-16-14-13-15-17-24/h13-17,20-23,25-27,29-34,38,44H,12,18-19H2,1-11H3,(H,39,45)(H,40,46)/t23-,25+,26?,27+,29-,30-,31-,32+,33-,34-/m0/s1. The second-order valence-corrected chi connectivity index (χ2v) is 14.1. The molecule has 1 saturated heterocycles. The summed E-state index contributed by atoms with van der Waals surface area (Å²) in [5, 5.41) is 20.0. The molecule has 51 heavy (non-hydrogen) atoms. The molecule has 14 heteroatoms. The monoisotopic (exact) mass is 719 g/mol. The summed E-state index contributed by atoms with van der Waals surface area (Å²) in [5.74, 6) is -2.00. The van der Waals surface area contributed by atoms with Crippen LogP contribution in [-0.2, 0) is 38.2 Å². The van der Waals surface area contributed by atoms with Gasteiger partial charge in [-0.2, -0.15) is 0 Å². The number of likely N-dealkylation sites (N-methyl/N-ethyl adjacent to an activating group) is 3. The number of methoxy groups -OCH3 is 2. The van der Waals surface area contributed by atoms with Gasteiger partial charge in [-0.15, -0.1) is 0 Å². The van der Waals surface area contributed by atoms with Gasteiger partial charge in [0.1, 0.15) is 36.7 Å². The molecule has 0 spiro atoms. The summed E-state index contributed by atoms with van der Waals surface area (Å²) >= 11 is 0. The lowest BCUT2D eigenvalue weighted by Crippen LogP contribution is -2.59. The van der Waals surface area contributed by atoms with E-state index in [0.29, 0.717) is 18.3 Å². The van der Waals surface area contributed by atoms with Gasteiger partial charge in [-0.3, -0.25) is 19.2 Å². The molecular formula is C37H61N5O9. The topological polar surface area (TPSA) is 176 Å². The number of carbonyl (C=O) groups excluding carboxylic acids is 5. The number of amides is 4. The molecule has 2 rings (SSSR count). The highest BCUT2D eigenvalue weighted by atomic mass is 16.6. The molecule has 1 aliphatic rings. The highest BCUT2D eigenvalue weighted by Gasteiger charge is 2.49. The van der Waals surface area contributed by atoms with Crippen molar-refractivity contribution in [2.75, 3.05) is 41.9 Å². The van der Waals surface area contributed by atoms with Crippen LogP contribution in [0.3, 0.4) is 0 Å². The average Bonchev–Trinajstić information content (AvgIpc) is 3.47. The van der Waals surface area contributed by atoms with Gasteiger partial charge in [0, 0.05) is 34.9 Å². The predicted octanol–water partition coefficient (Wildman–Crippen LogP) is 1.31. The quantitative estimate of drug-likeness (QED) is 0.144. The highest BCUT2D eigenvalue weighted by molar-refractivity contribution is 5.90. The van der Waals surface area contributed by atoms with Gasteiger partial charge in [0.05, 0.1) is 24.6 Å². The number of aliphatic hydroxyl groups is 1. The number of rotatable bonds is 20. The molecule has 0 aromatic heterocycles. The third-order valence-corrected chi connectivity index (χ3v) is 9.91.